The van der Waals surface area contributed by atoms with Gasteiger partial charge in [0.2, 0.25) is 5.82 Å². The minimum atomic E-state index is -4.92. The topological polar surface area (TPSA) is 38.3 Å². The molecular formula is C9H3F8NO2. The summed E-state index contributed by atoms with van der Waals surface area (Å²) in [7, 11) is 0. The largest absolute Gasteiger partial charge is 0.440 e. The second kappa shape index (κ2) is 5.51. The number of ether oxygens (including phenoxy) is 1. The lowest BCUT2D eigenvalue weighted by molar-refractivity contribution is -0.159. The average Bonchev–Trinajstić information content (AvgIpc) is 2.36. The van der Waals surface area contributed by atoms with Crippen molar-refractivity contribution in [1.29, 1.82) is 0 Å². The Morgan fingerprint density at radius 2 is 1.30 bits per heavy atom. The molecule has 0 aromatic heterocycles. The van der Waals surface area contributed by atoms with E-state index >= 15 is 0 Å². The fourth-order valence-electron chi connectivity index (χ4n) is 1.00. The van der Waals surface area contributed by atoms with Crippen molar-refractivity contribution in [1.82, 2.24) is 0 Å². The number of nitrogens with one attached hydrogen (secondary N) is 1. The lowest BCUT2D eigenvalue weighted by Gasteiger charge is -2.11. The number of hydrogen-bond acceptors (Lipinski definition) is 2. The highest BCUT2D eigenvalue weighted by Crippen LogP contribution is 2.27. The quantitative estimate of drug-likeness (QED) is 0.516. The second-order valence-electron chi connectivity index (χ2n) is 3.26. The van der Waals surface area contributed by atoms with Gasteiger partial charge in [-0.25, -0.2) is 26.7 Å². The maximum atomic E-state index is 13.0. The fraction of sp³-hybridized carbons (Fsp3) is 0.222. The van der Waals surface area contributed by atoms with Crippen LogP contribution in [0.1, 0.15) is 0 Å². The first-order chi connectivity index (χ1) is 9.04. The molecule has 0 saturated carbocycles. The molecule has 0 spiro atoms. The van der Waals surface area contributed by atoms with Gasteiger partial charge >= 0.3 is 12.3 Å². The lowest BCUT2D eigenvalue weighted by Crippen LogP contribution is -2.24. The Labute approximate surface area is 105 Å². The van der Waals surface area contributed by atoms with Crippen molar-refractivity contribution in [3.05, 3.63) is 29.1 Å². The minimum absolute atomic E-state index is 1.00. The molecule has 3 nitrogen and oxygen atoms in total. The van der Waals surface area contributed by atoms with Crippen LogP contribution in [0.2, 0.25) is 0 Å². The predicted octanol–water partition coefficient (Wildman–Crippen LogP) is 3.49. The molecule has 0 aliphatic heterocycles. The van der Waals surface area contributed by atoms with E-state index < -0.39 is 53.6 Å². The van der Waals surface area contributed by atoms with E-state index in [1.54, 1.807) is 0 Å². The molecule has 0 radical (unpaired) electrons. The molecule has 1 N–H and O–H groups in total. The molecule has 0 atom stereocenters. The van der Waals surface area contributed by atoms with Gasteiger partial charge in [0, 0.05) is 0 Å². The SMILES string of the molecule is O=C(Nc1c(F)c(F)c(F)c(F)c1F)OCC(F)(F)F. The molecule has 1 amide bonds. The average molecular weight is 309 g/mol. The van der Waals surface area contributed by atoms with Gasteiger partial charge in [-0.2, -0.15) is 13.2 Å². The Morgan fingerprint density at radius 1 is 0.900 bits per heavy atom. The molecule has 0 bridgehead atoms. The van der Waals surface area contributed by atoms with Crippen molar-refractivity contribution in [2.24, 2.45) is 0 Å². The normalized spacial score (nSPS) is 11.4. The number of carbonyl (C=O) groups is 1. The first-order valence-electron chi connectivity index (χ1n) is 4.56. The van der Waals surface area contributed by atoms with Crippen LogP contribution < -0.4 is 5.32 Å². The van der Waals surface area contributed by atoms with Gasteiger partial charge in [-0.05, 0) is 0 Å². The van der Waals surface area contributed by atoms with Crippen molar-refractivity contribution in [2.75, 3.05) is 11.9 Å². The van der Waals surface area contributed by atoms with Crippen molar-refractivity contribution in [2.45, 2.75) is 6.18 Å². The number of alkyl halides is 3. The number of amides is 1. The molecule has 112 valence electrons. The van der Waals surface area contributed by atoms with Crippen LogP contribution in [0.25, 0.3) is 0 Å². The molecular weight excluding hydrogens is 306 g/mol. The standard InChI is InChI=1S/C9H3F8NO2/c10-2-3(11)5(13)7(6(14)4(2)12)18-8(19)20-1-9(15,16)17/h1H2,(H,18,19). The van der Waals surface area contributed by atoms with Crippen LogP contribution >= 0.6 is 0 Å². The summed E-state index contributed by atoms with van der Waals surface area (Å²) in [5.41, 5.74) is -1.81. The van der Waals surface area contributed by atoms with E-state index in [1.165, 1.54) is 0 Å². The number of rotatable bonds is 2. The summed E-state index contributed by atoms with van der Waals surface area (Å²) in [6.07, 6.45) is -6.96. The van der Waals surface area contributed by atoms with Gasteiger partial charge in [0.1, 0.15) is 5.69 Å². The van der Waals surface area contributed by atoms with Crippen molar-refractivity contribution >= 4 is 11.8 Å². The fourth-order valence-corrected chi connectivity index (χ4v) is 1.00. The van der Waals surface area contributed by atoms with E-state index in [0.29, 0.717) is 0 Å². The highest BCUT2D eigenvalue weighted by atomic mass is 19.4. The molecule has 0 fully saturated rings. The monoisotopic (exact) mass is 309 g/mol. The molecule has 1 aromatic carbocycles. The van der Waals surface area contributed by atoms with Crippen LogP contribution in [-0.4, -0.2) is 18.9 Å². The van der Waals surface area contributed by atoms with Gasteiger partial charge < -0.3 is 4.74 Å². The zero-order valence-electron chi connectivity index (χ0n) is 9.05. The van der Waals surface area contributed by atoms with Gasteiger partial charge in [-0.1, -0.05) is 0 Å². The number of benzene rings is 1. The van der Waals surface area contributed by atoms with E-state index in [0.717, 1.165) is 5.32 Å². The van der Waals surface area contributed by atoms with E-state index in [-0.39, 0.29) is 0 Å². The number of halogens is 8. The first-order valence-corrected chi connectivity index (χ1v) is 4.56. The third-order valence-corrected chi connectivity index (χ3v) is 1.80. The number of carbonyl (C=O) groups excluding carboxylic acids is 1. The lowest BCUT2D eigenvalue weighted by atomic mass is 10.2. The highest BCUT2D eigenvalue weighted by molar-refractivity contribution is 5.85. The van der Waals surface area contributed by atoms with Crippen LogP contribution in [0.15, 0.2) is 0 Å². The van der Waals surface area contributed by atoms with Gasteiger partial charge in [0.15, 0.2) is 29.9 Å². The molecule has 0 saturated heterocycles. The third-order valence-electron chi connectivity index (χ3n) is 1.80. The Morgan fingerprint density at radius 3 is 1.70 bits per heavy atom. The van der Waals surface area contributed by atoms with E-state index in [9.17, 15) is 39.9 Å². The summed E-state index contributed by atoms with van der Waals surface area (Å²) in [5.74, 6) is -12.0. The Bertz CT molecular complexity index is 513. The summed E-state index contributed by atoms with van der Waals surface area (Å²) in [4.78, 5) is 10.8. The Balaban J connectivity index is 2.96. The summed E-state index contributed by atoms with van der Waals surface area (Å²) < 4.78 is 103. The van der Waals surface area contributed by atoms with Gasteiger partial charge in [0.05, 0.1) is 0 Å². The maximum Gasteiger partial charge on any atom is 0.422 e. The predicted molar refractivity (Wildman–Crippen MR) is 47.3 cm³/mol. The van der Waals surface area contributed by atoms with Crippen LogP contribution in [-0.2, 0) is 4.74 Å². The molecule has 1 aromatic rings. The van der Waals surface area contributed by atoms with Crippen molar-refractivity contribution < 1.29 is 44.7 Å². The maximum absolute atomic E-state index is 13.0. The molecule has 0 unspecified atom stereocenters. The van der Waals surface area contributed by atoms with Gasteiger partial charge in [-0.15, -0.1) is 0 Å². The van der Waals surface area contributed by atoms with Crippen LogP contribution in [0.5, 0.6) is 0 Å². The van der Waals surface area contributed by atoms with Crippen LogP contribution in [0.4, 0.5) is 45.6 Å². The first kappa shape index (κ1) is 16.0. The Hall–Kier alpha value is -2.07. The highest BCUT2D eigenvalue weighted by Gasteiger charge is 2.31. The zero-order chi connectivity index (χ0) is 15.7. The number of anilines is 1. The van der Waals surface area contributed by atoms with Crippen LogP contribution in [0.3, 0.4) is 0 Å². The summed E-state index contributed by atoms with van der Waals surface area (Å²) in [5, 5.41) is 1.00. The van der Waals surface area contributed by atoms with Crippen LogP contribution in [0, 0.1) is 29.1 Å². The summed E-state index contributed by atoms with van der Waals surface area (Å²) in [6.45, 7) is -2.10. The molecule has 0 aliphatic carbocycles. The minimum Gasteiger partial charge on any atom is -0.440 e. The van der Waals surface area contributed by atoms with E-state index in [2.05, 4.69) is 4.74 Å². The van der Waals surface area contributed by atoms with Crippen molar-refractivity contribution in [3.8, 4) is 0 Å². The molecule has 0 aliphatic rings. The van der Waals surface area contributed by atoms with E-state index in [4.69, 9.17) is 0 Å². The zero-order valence-corrected chi connectivity index (χ0v) is 9.05. The molecule has 0 heterocycles. The Kier molecular flexibility index (Phi) is 4.40. The van der Waals surface area contributed by atoms with Gasteiger partial charge in [-0.3, -0.25) is 5.32 Å². The van der Waals surface area contributed by atoms with Crippen molar-refractivity contribution in [3.63, 3.8) is 0 Å². The second-order valence-corrected chi connectivity index (χ2v) is 3.26. The summed E-state index contributed by atoms with van der Waals surface area (Å²) >= 11 is 0. The number of hydrogen-bond donors (Lipinski definition) is 1. The smallest absolute Gasteiger partial charge is 0.422 e. The molecule has 20 heavy (non-hydrogen) atoms. The summed E-state index contributed by atoms with van der Waals surface area (Å²) in [6, 6.07) is 0. The molecule has 1 rings (SSSR count). The van der Waals surface area contributed by atoms with E-state index in [1.807, 2.05) is 0 Å². The molecule has 11 heteroatoms. The third kappa shape index (κ3) is 3.48. The van der Waals surface area contributed by atoms with Gasteiger partial charge in [0.25, 0.3) is 0 Å².